The number of nitrogens with zero attached hydrogens (tertiary/aromatic N) is 2. The summed E-state index contributed by atoms with van der Waals surface area (Å²) in [5.74, 6) is -1.30. The molecule has 5 rings (SSSR count). The minimum atomic E-state index is -0.836. The molecule has 160 valence electrons. The number of ketones is 1. The zero-order valence-electron chi connectivity index (χ0n) is 16.7. The van der Waals surface area contributed by atoms with E-state index in [0.29, 0.717) is 26.7 Å². The number of aliphatic hydroxyl groups is 1. The van der Waals surface area contributed by atoms with Crippen molar-refractivity contribution < 1.29 is 19.4 Å². The number of methoxy groups -OCH3 is 1. The molecule has 1 amide bonds. The molecule has 2 N–H and O–H groups in total. The zero-order chi connectivity index (χ0) is 22.4. The summed E-state index contributed by atoms with van der Waals surface area (Å²) in [5, 5.41) is 13.4. The van der Waals surface area contributed by atoms with Crippen LogP contribution in [0.3, 0.4) is 0 Å². The van der Waals surface area contributed by atoms with Gasteiger partial charge in [0.2, 0.25) is 5.95 Å². The van der Waals surface area contributed by atoms with E-state index in [9.17, 15) is 14.7 Å². The Labute approximate surface area is 191 Å². The van der Waals surface area contributed by atoms with E-state index < -0.39 is 17.7 Å². The molecule has 4 aromatic rings. The van der Waals surface area contributed by atoms with Gasteiger partial charge in [0.05, 0.1) is 28.7 Å². The average molecular weight is 466 g/mol. The fourth-order valence-electron chi connectivity index (χ4n) is 3.78. The number of nitrogens with one attached hydrogen (secondary N) is 1. The van der Waals surface area contributed by atoms with Crippen molar-refractivity contribution in [1.29, 1.82) is 0 Å². The number of halogens is 1. The molecular formula is C23H16ClN3O4S. The summed E-state index contributed by atoms with van der Waals surface area (Å²) in [6, 6.07) is 14.8. The van der Waals surface area contributed by atoms with Crippen LogP contribution in [0.4, 0.5) is 5.95 Å². The van der Waals surface area contributed by atoms with E-state index in [2.05, 4.69) is 9.97 Å². The van der Waals surface area contributed by atoms with E-state index in [4.69, 9.17) is 16.3 Å². The van der Waals surface area contributed by atoms with Crippen LogP contribution < -0.4 is 9.64 Å². The number of amides is 1. The summed E-state index contributed by atoms with van der Waals surface area (Å²) < 4.78 is 5.23. The van der Waals surface area contributed by atoms with Gasteiger partial charge in [0.15, 0.2) is 0 Å². The van der Waals surface area contributed by atoms with Crippen LogP contribution in [0.5, 0.6) is 5.75 Å². The first-order chi connectivity index (χ1) is 15.5. The molecule has 7 nitrogen and oxygen atoms in total. The zero-order valence-corrected chi connectivity index (χ0v) is 18.3. The third-order valence-electron chi connectivity index (χ3n) is 5.29. The van der Waals surface area contributed by atoms with Gasteiger partial charge in [0.25, 0.3) is 5.78 Å². The third-order valence-corrected chi connectivity index (χ3v) is 6.52. The maximum absolute atomic E-state index is 13.1. The van der Waals surface area contributed by atoms with Crippen molar-refractivity contribution in [3.63, 3.8) is 0 Å². The van der Waals surface area contributed by atoms with Gasteiger partial charge in [-0.25, -0.2) is 4.98 Å². The Balaban J connectivity index is 1.71. The number of fused-ring (bicyclic) bond motifs is 1. The maximum atomic E-state index is 13.1. The number of carbonyl (C=O) groups excluding carboxylic acids is 2. The van der Waals surface area contributed by atoms with Gasteiger partial charge in [-0.2, -0.15) is 0 Å². The Bertz CT molecular complexity index is 1360. The number of thiophene rings is 1. The molecule has 0 radical (unpaired) electrons. The number of anilines is 1. The quantitative estimate of drug-likeness (QED) is 0.253. The van der Waals surface area contributed by atoms with Gasteiger partial charge in [-0.3, -0.25) is 14.5 Å². The van der Waals surface area contributed by atoms with E-state index in [1.165, 1.54) is 29.4 Å². The highest BCUT2D eigenvalue weighted by atomic mass is 35.5. The molecule has 0 bridgehead atoms. The molecule has 1 atom stereocenters. The standard InChI is InChI=1S/C23H16ClN3O4S/c1-31-16-11-12(8-9-13(16)24)20(28)18-19(17-7-4-10-32-17)27(22(30)21(18)29)23-25-14-5-2-3-6-15(14)26-23/h2-11,19,28H,1H3,(H,25,26)/b20-18+. The Morgan fingerprint density at radius 1 is 1.19 bits per heavy atom. The minimum absolute atomic E-state index is 0.0257. The van der Waals surface area contributed by atoms with Crippen LogP contribution in [0.1, 0.15) is 16.5 Å². The number of H-pyrrole nitrogens is 1. The number of hydrogen-bond donors (Lipinski definition) is 2. The Morgan fingerprint density at radius 3 is 2.72 bits per heavy atom. The molecule has 3 heterocycles. The van der Waals surface area contributed by atoms with E-state index >= 15 is 0 Å². The summed E-state index contributed by atoms with van der Waals surface area (Å²) in [7, 11) is 1.46. The minimum Gasteiger partial charge on any atom is -0.507 e. The van der Waals surface area contributed by atoms with Gasteiger partial charge in [-0.15, -0.1) is 11.3 Å². The number of carbonyl (C=O) groups is 2. The van der Waals surface area contributed by atoms with Crippen LogP contribution in [0.15, 0.2) is 65.6 Å². The lowest BCUT2D eigenvalue weighted by molar-refractivity contribution is -0.132. The number of rotatable bonds is 4. The van der Waals surface area contributed by atoms with Crippen molar-refractivity contribution in [2.75, 3.05) is 12.0 Å². The molecule has 1 unspecified atom stereocenters. The predicted molar refractivity (Wildman–Crippen MR) is 123 cm³/mol. The number of benzene rings is 2. The molecule has 2 aromatic carbocycles. The second-order valence-corrected chi connectivity index (χ2v) is 8.50. The first-order valence-electron chi connectivity index (χ1n) is 9.62. The number of imidazole rings is 1. The second kappa shape index (κ2) is 7.81. The summed E-state index contributed by atoms with van der Waals surface area (Å²) >= 11 is 7.48. The van der Waals surface area contributed by atoms with Crippen molar-refractivity contribution in [3.8, 4) is 5.75 Å². The van der Waals surface area contributed by atoms with Crippen molar-refractivity contribution in [1.82, 2.24) is 9.97 Å². The monoisotopic (exact) mass is 465 g/mol. The normalized spacial score (nSPS) is 17.9. The fraction of sp³-hybridized carbons (Fsp3) is 0.0870. The molecule has 0 aliphatic carbocycles. The van der Waals surface area contributed by atoms with E-state index in [-0.39, 0.29) is 17.3 Å². The Morgan fingerprint density at radius 2 is 2.00 bits per heavy atom. The topological polar surface area (TPSA) is 95.5 Å². The van der Waals surface area contributed by atoms with Crippen molar-refractivity contribution in [3.05, 3.63) is 81.0 Å². The van der Waals surface area contributed by atoms with E-state index in [0.717, 1.165) is 5.52 Å². The first kappa shape index (κ1) is 20.3. The number of para-hydroxylation sites is 2. The van der Waals surface area contributed by atoms with Crippen LogP contribution in [-0.4, -0.2) is 33.9 Å². The second-order valence-electron chi connectivity index (χ2n) is 7.11. The molecule has 0 spiro atoms. The maximum Gasteiger partial charge on any atom is 0.302 e. The van der Waals surface area contributed by atoms with Gasteiger partial charge >= 0.3 is 5.91 Å². The number of aromatic nitrogens is 2. The molecule has 32 heavy (non-hydrogen) atoms. The van der Waals surface area contributed by atoms with Gasteiger partial charge in [0.1, 0.15) is 17.6 Å². The fourth-order valence-corrected chi connectivity index (χ4v) is 4.80. The molecule has 1 saturated heterocycles. The van der Waals surface area contributed by atoms with Crippen molar-refractivity contribution in [2.24, 2.45) is 0 Å². The van der Waals surface area contributed by atoms with Gasteiger partial charge in [-0.1, -0.05) is 29.8 Å². The summed E-state index contributed by atoms with van der Waals surface area (Å²) in [4.78, 5) is 35.9. The van der Waals surface area contributed by atoms with Crippen LogP contribution >= 0.6 is 22.9 Å². The van der Waals surface area contributed by atoms with Crippen LogP contribution in [0.25, 0.3) is 16.8 Å². The Kier molecular flexibility index (Phi) is 4.96. The van der Waals surface area contributed by atoms with Gasteiger partial charge in [-0.05, 0) is 41.8 Å². The highest BCUT2D eigenvalue weighted by Gasteiger charge is 2.48. The lowest BCUT2D eigenvalue weighted by Gasteiger charge is -2.21. The molecule has 1 fully saturated rings. The van der Waals surface area contributed by atoms with E-state index in [1.807, 2.05) is 41.8 Å². The predicted octanol–water partition coefficient (Wildman–Crippen LogP) is 4.91. The number of Topliss-reactive ketones (excluding diaryl/α,β-unsaturated/α-hetero) is 1. The van der Waals surface area contributed by atoms with Gasteiger partial charge < -0.3 is 14.8 Å². The van der Waals surface area contributed by atoms with Gasteiger partial charge in [0, 0.05) is 10.4 Å². The first-order valence-corrected chi connectivity index (χ1v) is 10.9. The average Bonchev–Trinajstić information content (AvgIpc) is 3.52. The Hall–Kier alpha value is -3.62. The number of aromatic amines is 1. The molecule has 9 heteroatoms. The lowest BCUT2D eigenvalue weighted by Crippen LogP contribution is -2.30. The summed E-state index contributed by atoms with van der Waals surface area (Å²) in [5.41, 5.74) is 1.69. The number of aliphatic hydroxyl groups excluding tert-OH is 1. The highest BCUT2D eigenvalue weighted by molar-refractivity contribution is 7.10. The van der Waals surface area contributed by atoms with Crippen molar-refractivity contribution in [2.45, 2.75) is 6.04 Å². The molecule has 0 saturated carbocycles. The number of hydrogen-bond acceptors (Lipinski definition) is 6. The molecule has 1 aliphatic rings. The number of ether oxygens (including phenoxy) is 1. The summed E-state index contributed by atoms with van der Waals surface area (Å²) in [6.45, 7) is 0. The molecule has 1 aliphatic heterocycles. The third kappa shape index (κ3) is 3.16. The SMILES string of the molecule is COc1cc(/C(O)=C2\C(=O)C(=O)N(c3nc4ccccc4[nH]3)C2c2cccs2)ccc1Cl. The van der Waals surface area contributed by atoms with Crippen LogP contribution in [0.2, 0.25) is 5.02 Å². The smallest absolute Gasteiger partial charge is 0.302 e. The van der Waals surface area contributed by atoms with E-state index in [1.54, 1.807) is 12.1 Å². The van der Waals surface area contributed by atoms with Crippen molar-refractivity contribution >= 4 is 57.4 Å². The van der Waals surface area contributed by atoms with Crippen LogP contribution in [0, 0.1) is 0 Å². The molecular weight excluding hydrogens is 450 g/mol. The largest absolute Gasteiger partial charge is 0.507 e. The lowest BCUT2D eigenvalue weighted by atomic mass is 10.00. The van der Waals surface area contributed by atoms with Crippen LogP contribution in [-0.2, 0) is 9.59 Å². The molecule has 2 aromatic heterocycles. The highest BCUT2D eigenvalue weighted by Crippen LogP contribution is 2.43. The summed E-state index contributed by atoms with van der Waals surface area (Å²) in [6.07, 6.45) is 0.